The van der Waals surface area contributed by atoms with Gasteiger partial charge >= 0.3 is 0 Å². The van der Waals surface area contributed by atoms with Crippen LogP contribution in [0.1, 0.15) is 57.2 Å². The number of rotatable bonds is 12. The monoisotopic (exact) mass is 854 g/mol. The van der Waals surface area contributed by atoms with Crippen molar-refractivity contribution >= 4 is 74.4 Å². The van der Waals surface area contributed by atoms with Crippen LogP contribution in [-0.4, -0.2) is 123 Å². The number of hydrogen-bond acceptors (Lipinski definition) is 14. The normalized spacial score (nSPS) is 19.2. The minimum absolute atomic E-state index is 0.0364. The number of anilines is 4. The average Bonchev–Trinajstić information content (AvgIpc) is 3.58. The molecule has 7 heterocycles. The summed E-state index contributed by atoms with van der Waals surface area (Å²) in [6, 6.07) is 9.26. The lowest BCUT2D eigenvalue weighted by Crippen LogP contribution is -2.56. The summed E-state index contributed by atoms with van der Waals surface area (Å²) >= 11 is 6.61. The van der Waals surface area contributed by atoms with Crippen LogP contribution < -0.4 is 36.0 Å². The van der Waals surface area contributed by atoms with Gasteiger partial charge in [0, 0.05) is 82.3 Å². The number of piperidine rings is 2. The Kier molecular flexibility index (Phi) is 12.1. The summed E-state index contributed by atoms with van der Waals surface area (Å²) in [6.07, 6.45) is 5.99. The highest BCUT2D eigenvalue weighted by Crippen LogP contribution is 2.34. The molecule has 3 aliphatic heterocycles. The van der Waals surface area contributed by atoms with Gasteiger partial charge < -0.3 is 30.3 Å². The van der Waals surface area contributed by atoms with E-state index in [1.54, 1.807) is 18.5 Å². The maximum atomic E-state index is 13.2. The molecule has 18 nitrogen and oxygen atoms in total. The first-order chi connectivity index (χ1) is 29.4. The Hall–Kier alpha value is -5.85. The van der Waals surface area contributed by atoms with Crippen LogP contribution in [0.15, 0.2) is 47.5 Å². The van der Waals surface area contributed by atoms with E-state index >= 15 is 0 Å². The second-order valence-corrected chi connectivity index (χ2v) is 16.7. The predicted molar refractivity (Wildman–Crippen MR) is 232 cm³/mol. The van der Waals surface area contributed by atoms with Gasteiger partial charge in [0.15, 0.2) is 18.2 Å². The number of carbonyl (C=O) groups is 3. The van der Waals surface area contributed by atoms with Crippen LogP contribution in [0.3, 0.4) is 0 Å². The van der Waals surface area contributed by atoms with Gasteiger partial charge in [-0.25, -0.2) is 9.97 Å². The summed E-state index contributed by atoms with van der Waals surface area (Å²) in [5.74, 6) is 0.0488. The lowest BCUT2D eigenvalue weighted by atomic mass is 9.92. The number of pyridine rings is 2. The first-order valence-corrected chi connectivity index (χ1v) is 21.1. The molecule has 5 aromatic rings. The van der Waals surface area contributed by atoms with Crippen molar-refractivity contribution in [2.24, 2.45) is 13.0 Å². The summed E-state index contributed by atoms with van der Waals surface area (Å²) in [7, 11) is 3.39. The summed E-state index contributed by atoms with van der Waals surface area (Å²) in [5.41, 5.74) is 3.46. The van der Waals surface area contributed by atoms with E-state index in [1.165, 1.54) is 11.6 Å². The second kappa shape index (κ2) is 17.6. The molecule has 4 N–H and O–H groups in total. The van der Waals surface area contributed by atoms with Crippen LogP contribution >= 0.6 is 11.6 Å². The van der Waals surface area contributed by atoms with Crippen LogP contribution in [0.5, 0.6) is 5.75 Å². The Labute approximate surface area is 357 Å². The van der Waals surface area contributed by atoms with Crippen LogP contribution in [0.25, 0.3) is 21.9 Å². The molecule has 3 aliphatic rings. The number of carbonyl (C=O) groups excluding carboxylic acids is 3. The maximum absolute atomic E-state index is 13.2. The quantitative estimate of drug-likeness (QED) is 0.133. The van der Waals surface area contributed by atoms with Gasteiger partial charge in [-0.2, -0.15) is 10.1 Å². The van der Waals surface area contributed by atoms with Gasteiger partial charge in [0.05, 0.1) is 47.9 Å². The standard InChI is InChI=1S/C42H51ClN12O6/c1-24(2)55-39-26(16-34(41(55)60)61-23-36(58)44-3)15-27(18-45-39)47-38-32(43)19-46-42(49-38)54-14-13-52(21-29(54)22-56)20-25-9-11-53(12-10-25)28-5-6-30-33(17-28)51(4)50-37(30)31-7-8-35(57)48-40(31)59/h5-6,15-19,24-25,29,31,56H,7-14,20-23H2,1-4H3,(H,44,58)(H,46,47,49)(H,48,57,59)/t29-,31?/m0/s1. The van der Waals surface area contributed by atoms with E-state index in [0.717, 1.165) is 61.3 Å². The van der Waals surface area contributed by atoms with Gasteiger partial charge in [-0.15, -0.1) is 0 Å². The summed E-state index contributed by atoms with van der Waals surface area (Å²) in [4.78, 5) is 70.2. The number of halogens is 1. The molecule has 0 bridgehead atoms. The van der Waals surface area contributed by atoms with E-state index in [0.29, 0.717) is 65.4 Å². The van der Waals surface area contributed by atoms with Crippen LogP contribution in [0.2, 0.25) is 5.02 Å². The number of nitrogens with one attached hydrogen (secondary N) is 3. The molecule has 61 heavy (non-hydrogen) atoms. The minimum Gasteiger partial charge on any atom is -0.478 e. The zero-order valence-corrected chi connectivity index (χ0v) is 35.5. The van der Waals surface area contributed by atoms with Crippen LogP contribution in [-0.2, 0) is 21.4 Å². The predicted octanol–water partition coefficient (Wildman–Crippen LogP) is 3.10. The van der Waals surface area contributed by atoms with E-state index in [1.807, 2.05) is 36.5 Å². The lowest BCUT2D eigenvalue weighted by Gasteiger charge is -2.43. The number of imide groups is 1. The van der Waals surface area contributed by atoms with E-state index in [-0.39, 0.29) is 54.3 Å². The first kappa shape index (κ1) is 41.9. The molecule has 1 aromatic carbocycles. The third kappa shape index (κ3) is 8.69. The topological polar surface area (TPSA) is 205 Å². The largest absolute Gasteiger partial charge is 0.478 e. The first-order valence-electron chi connectivity index (χ1n) is 20.7. The molecule has 19 heteroatoms. The van der Waals surface area contributed by atoms with Crippen LogP contribution in [0.4, 0.5) is 23.1 Å². The minimum atomic E-state index is -0.433. The number of hydrogen-bond donors (Lipinski definition) is 4. The van der Waals surface area contributed by atoms with Gasteiger partial charge in [0.1, 0.15) is 10.7 Å². The van der Waals surface area contributed by atoms with Crippen molar-refractivity contribution in [3.8, 4) is 5.75 Å². The Bertz CT molecular complexity index is 2540. The smallest absolute Gasteiger partial charge is 0.294 e. The van der Waals surface area contributed by atoms with Crippen molar-refractivity contribution < 1.29 is 24.2 Å². The molecule has 3 saturated heterocycles. The van der Waals surface area contributed by atoms with E-state index in [9.17, 15) is 24.3 Å². The highest BCUT2D eigenvalue weighted by molar-refractivity contribution is 6.33. The van der Waals surface area contributed by atoms with Crippen molar-refractivity contribution in [1.82, 2.24) is 44.8 Å². The summed E-state index contributed by atoms with van der Waals surface area (Å²) < 4.78 is 8.95. The number of fused-ring (bicyclic) bond motifs is 2. The molecule has 0 aliphatic carbocycles. The van der Waals surface area contributed by atoms with Gasteiger partial charge in [0.2, 0.25) is 17.8 Å². The molecule has 0 spiro atoms. The third-order valence-corrected chi connectivity index (χ3v) is 12.2. The molecule has 3 amide bonds. The molecule has 0 radical (unpaired) electrons. The van der Waals surface area contributed by atoms with Gasteiger partial charge in [0.25, 0.3) is 11.5 Å². The SMILES string of the molecule is CNC(=O)COc1cc2cc(Nc3nc(N4CCN(CC5CCN(c6ccc7c(C8CCC(=O)NC8=O)nn(C)c7c6)CC5)C[C@H]4CO)ncc3Cl)cnc2n(C(C)C)c1=O. The molecule has 4 aromatic heterocycles. The Morgan fingerprint density at radius 1 is 1.05 bits per heavy atom. The Balaban J connectivity index is 0.893. The molecule has 8 rings (SSSR count). The number of aliphatic hydroxyl groups excluding tert-OH is 1. The van der Waals surface area contributed by atoms with Crippen molar-refractivity contribution in [2.75, 3.05) is 74.6 Å². The zero-order valence-electron chi connectivity index (χ0n) is 34.7. The van der Waals surface area contributed by atoms with E-state index < -0.39 is 5.92 Å². The van der Waals surface area contributed by atoms with Crippen molar-refractivity contribution in [3.63, 3.8) is 0 Å². The number of aliphatic hydroxyl groups is 1. The number of nitrogens with zero attached hydrogens (tertiary/aromatic N) is 9. The molecule has 322 valence electrons. The van der Waals surface area contributed by atoms with Crippen molar-refractivity contribution in [1.29, 1.82) is 0 Å². The number of aromatic nitrogens is 6. The number of benzene rings is 1. The highest BCUT2D eigenvalue weighted by Gasteiger charge is 2.33. The molecule has 1 unspecified atom stereocenters. The average molecular weight is 855 g/mol. The maximum Gasteiger partial charge on any atom is 0.294 e. The van der Waals surface area contributed by atoms with E-state index in [4.69, 9.17) is 26.4 Å². The molecular weight excluding hydrogens is 804 g/mol. The Morgan fingerprint density at radius 2 is 1.85 bits per heavy atom. The van der Waals surface area contributed by atoms with Crippen molar-refractivity contribution in [2.45, 2.75) is 57.5 Å². The molecule has 0 saturated carbocycles. The number of amides is 3. The number of likely N-dealkylation sites (N-methyl/N-ethyl adjacent to an activating group) is 1. The van der Waals surface area contributed by atoms with Gasteiger partial charge in [-0.3, -0.25) is 38.6 Å². The fraction of sp³-hybridized carbons (Fsp3) is 0.476. The zero-order chi connectivity index (χ0) is 42.9. The number of aryl methyl sites for hydroxylation is 1. The van der Waals surface area contributed by atoms with E-state index in [2.05, 4.69) is 53.9 Å². The fourth-order valence-corrected chi connectivity index (χ4v) is 8.85. The van der Waals surface area contributed by atoms with Gasteiger partial charge in [-0.05, 0) is 69.4 Å². The summed E-state index contributed by atoms with van der Waals surface area (Å²) in [6.45, 7) is 8.22. The molecule has 2 atom stereocenters. The number of piperazine rings is 1. The Morgan fingerprint density at radius 3 is 2.59 bits per heavy atom. The fourth-order valence-electron chi connectivity index (χ4n) is 8.71. The van der Waals surface area contributed by atoms with Crippen LogP contribution in [0, 0.1) is 5.92 Å². The number of ether oxygens (including phenoxy) is 1. The van der Waals surface area contributed by atoms with Gasteiger partial charge in [-0.1, -0.05) is 11.6 Å². The highest BCUT2D eigenvalue weighted by atomic mass is 35.5. The lowest BCUT2D eigenvalue weighted by molar-refractivity contribution is -0.134. The van der Waals surface area contributed by atoms with Crippen molar-refractivity contribution in [3.05, 3.63) is 63.8 Å². The second-order valence-electron chi connectivity index (χ2n) is 16.3. The third-order valence-electron chi connectivity index (χ3n) is 12.0. The molecular formula is C42H51ClN12O6. The molecule has 3 fully saturated rings. The summed E-state index contributed by atoms with van der Waals surface area (Å²) in [5, 5.41) is 25.3.